The van der Waals surface area contributed by atoms with Crippen LogP contribution in [-0.2, 0) is 73.5 Å². The number of aromatic amines is 1. The maximum Gasteiger partial charge on any atom is 0.326 e. The number of nitrogens with one attached hydrogen (secondary N) is 9. The molecule has 1 aliphatic heterocycles. The number of aromatic nitrogens is 1. The molecule has 1 aromatic carbocycles. The van der Waals surface area contributed by atoms with Crippen LogP contribution in [0.5, 0.6) is 0 Å². The Morgan fingerprint density at radius 2 is 1.10 bits per heavy atom. The first-order valence-electron chi connectivity index (χ1n) is 26.2. The molecule has 0 saturated carbocycles. The number of hydrogen-bond donors (Lipinski definition) is 15. The number of hydrogen-bond acceptors (Lipinski definition) is 15. The van der Waals surface area contributed by atoms with Gasteiger partial charge in [-0.05, 0) is 49.7 Å². The molecule has 1 aromatic heterocycles. The Balaban J connectivity index is 1.96. The third kappa shape index (κ3) is 20.2. The van der Waals surface area contributed by atoms with Gasteiger partial charge in [0, 0.05) is 43.4 Å². The number of carbonyl (C=O) groups is 14. The van der Waals surface area contributed by atoms with Crippen LogP contribution in [0, 0.1) is 11.8 Å². The van der Waals surface area contributed by atoms with Gasteiger partial charge in [0.05, 0.1) is 25.4 Å². The number of benzene rings is 1. The van der Waals surface area contributed by atoms with E-state index in [1.165, 1.54) is 6.20 Å². The van der Waals surface area contributed by atoms with Gasteiger partial charge in [0.2, 0.25) is 65.0 Å². The van der Waals surface area contributed by atoms with E-state index >= 15 is 0 Å². The number of nitrogens with two attached hydrogens (primary N) is 2. The quantitative estimate of drug-likeness (QED) is 0.0326. The summed E-state index contributed by atoms with van der Waals surface area (Å²) in [6.07, 6.45) is -3.51. The van der Waals surface area contributed by atoms with E-state index in [9.17, 15) is 87.5 Å². The third-order valence-electron chi connectivity index (χ3n) is 13.6. The van der Waals surface area contributed by atoms with Crippen molar-refractivity contribution in [3.8, 4) is 0 Å². The smallest absolute Gasteiger partial charge is 0.326 e. The van der Waals surface area contributed by atoms with E-state index in [1.807, 2.05) is 0 Å². The number of carboxylic acid groups (broad SMARTS) is 3. The van der Waals surface area contributed by atoms with Gasteiger partial charge in [-0.15, -0.1) is 0 Å². The number of aliphatic hydroxyl groups is 1. The predicted molar refractivity (Wildman–Crippen MR) is 283 cm³/mol. The fraction of sp³-hybridized carbons (Fsp3) is 0.569. The Hall–Kier alpha value is -8.70. The minimum absolute atomic E-state index is 0.0143. The highest BCUT2D eigenvalue weighted by atomic mass is 16.4. The zero-order chi connectivity index (χ0) is 61.0. The van der Waals surface area contributed by atoms with E-state index in [1.54, 1.807) is 52.0 Å². The van der Waals surface area contributed by atoms with Crippen molar-refractivity contribution in [3.05, 3.63) is 36.0 Å². The van der Waals surface area contributed by atoms with E-state index in [0.29, 0.717) is 22.9 Å². The van der Waals surface area contributed by atoms with E-state index in [2.05, 4.69) is 47.5 Å². The van der Waals surface area contributed by atoms with E-state index in [4.69, 9.17) is 11.5 Å². The number of rotatable bonds is 33. The van der Waals surface area contributed by atoms with Gasteiger partial charge < -0.3 is 84.3 Å². The SMILES string of the molecule is CC[C@H](C)[C@H](NC(=O)[C@H](CC(=O)O)NC(C)=O)C(=O)N[C@H](C(=O)N[C@@H](Cc1c[nH]c2ccccc12)C(=O)N[C@@H](CC(=O)O)C(=O)N[C@@H](CC(N)=O)C(=O)N[C@H](C(=O)N1CCC[C@H]1C(=O)N[C@@H](CCC(N)=O)C(=O)O)[C@@H](C)O)[C@@H](C)CC. The number of primary amides is 2. The monoisotopic (exact) mass is 1140 g/mol. The first kappa shape index (κ1) is 66.6. The van der Waals surface area contributed by atoms with Crippen LogP contribution in [0.25, 0.3) is 10.9 Å². The molecule has 30 heteroatoms. The van der Waals surface area contributed by atoms with Gasteiger partial charge in [0.15, 0.2) is 0 Å². The Morgan fingerprint density at radius 3 is 1.60 bits per heavy atom. The van der Waals surface area contributed by atoms with Crippen LogP contribution in [0.2, 0.25) is 0 Å². The summed E-state index contributed by atoms with van der Waals surface area (Å²) in [4.78, 5) is 187. The molecule has 30 nitrogen and oxygen atoms in total. The molecule has 3 rings (SSSR count). The van der Waals surface area contributed by atoms with Crippen LogP contribution in [0.3, 0.4) is 0 Å². The number of aliphatic carboxylic acids is 3. The summed E-state index contributed by atoms with van der Waals surface area (Å²) in [7, 11) is 0. The molecule has 2 heterocycles. The summed E-state index contributed by atoms with van der Waals surface area (Å²) < 4.78 is 0. The third-order valence-corrected chi connectivity index (χ3v) is 13.6. The molecule has 0 aliphatic carbocycles. The summed E-state index contributed by atoms with van der Waals surface area (Å²) in [5, 5.41) is 59.2. The molecule has 0 unspecified atom stereocenters. The zero-order valence-corrected chi connectivity index (χ0v) is 45.7. The molecule has 0 bridgehead atoms. The number of aliphatic hydroxyl groups excluding tert-OH is 1. The van der Waals surface area contributed by atoms with Gasteiger partial charge in [0.25, 0.3) is 0 Å². The summed E-state index contributed by atoms with van der Waals surface area (Å²) >= 11 is 0. The molecule has 446 valence electrons. The molecule has 81 heavy (non-hydrogen) atoms. The van der Waals surface area contributed by atoms with Crippen molar-refractivity contribution in [2.45, 2.75) is 166 Å². The molecule has 12 atom stereocenters. The van der Waals surface area contributed by atoms with Gasteiger partial charge >= 0.3 is 17.9 Å². The number of carbonyl (C=O) groups excluding carboxylic acids is 11. The van der Waals surface area contributed by atoms with Crippen molar-refractivity contribution in [1.82, 2.24) is 52.4 Å². The summed E-state index contributed by atoms with van der Waals surface area (Å²) in [5.74, 6) is -17.4. The van der Waals surface area contributed by atoms with Gasteiger partial charge in [-0.2, -0.15) is 0 Å². The van der Waals surface area contributed by atoms with E-state index < -0.39 is 181 Å². The molecule has 1 fully saturated rings. The number of para-hydroxylation sites is 1. The molecule has 1 aliphatic rings. The van der Waals surface area contributed by atoms with Crippen LogP contribution < -0.4 is 54.0 Å². The number of H-pyrrole nitrogens is 1. The second-order valence-corrected chi connectivity index (χ2v) is 19.9. The average molecular weight is 1140 g/mol. The van der Waals surface area contributed by atoms with Crippen molar-refractivity contribution in [2.24, 2.45) is 23.3 Å². The normalized spacial score (nSPS) is 17.1. The Bertz CT molecular complexity index is 2660. The van der Waals surface area contributed by atoms with Crippen molar-refractivity contribution >= 4 is 93.8 Å². The lowest BCUT2D eigenvalue weighted by molar-refractivity contribution is -0.146. The lowest BCUT2D eigenvalue weighted by atomic mass is 9.94. The highest BCUT2D eigenvalue weighted by Crippen LogP contribution is 2.22. The molecular weight excluding hydrogens is 1070 g/mol. The van der Waals surface area contributed by atoms with Gasteiger partial charge in [-0.25, -0.2) is 4.79 Å². The first-order valence-corrected chi connectivity index (χ1v) is 26.2. The van der Waals surface area contributed by atoms with Crippen molar-refractivity contribution < 1.29 is 87.5 Å². The molecule has 17 N–H and O–H groups in total. The van der Waals surface area contributed by atoms with Crippen molar-refractivity contribution in [1.29, 1.82) is 0 Å². The Kier molecular flexibility index (Phi) is 25.6. The number of nitrogens with zero attached hydrogens (tertiary/aromatic N) is 1. The average Bonchev–Trinajstić information content (AvgIpc) is 4.16. The van der Waals surface area contributed by atoms with Crippen LogP contribution in [0.15, 0.2) is 30.5 Å². The lowest BCUT2D eigenvalue weighted by Crippen LogP contribution is -2.62. The summed E-state index contributed by atoms with van der Waals surface area (Å²) in [6.45, 7) is 8.63. The fourth-order valence-electron chi connectivity index (χ4n) is 8.80. The molecule has 11 amide bonds. The minimum Gasteiger partial charge on any atom is -0.481 e. The lowest BCUT2D eigenvalue weighted by Gasteiger charge is -2.31. The molecule has 0 radical (unpaired) electrons. The van der Waals surface area contributed by atoms with Crippen LogP contribution >= 0.6 is 0 Å². The van der Waals surface area contributed by atoms with E-state index in [-0.39, 0.29) is 38.6 Å². The van der Waals surface area contributed by atoms with Gasteiger partial charge in [-0.1, -0.05) is 58.7 Å². The zero-order valence-electron chi connectivity index (χ0n) is 45.7. The Morgan fingerprint density at radius 1 is 0.617 bits per heavy atom. The maximum atomic E-state index is 14.5. The minimum atomic E-state index is -2.08. The highest BCUT2D eigenvalue weighted by Gasteiger charge is 2.42. The number of likely N-dealkylation sites (tertiary alicyclic amines) is 1. The summed E-state index contributed by atoms with van der Waals surface area (Å²) in [5.41, 5.74) is 11.6. The molecule has 2 aromatic rings. The number of fused-ring (bicyclic) bond motifs is 1. The second kappa shape index (κ2) is 31.2. The Labute approximate surface area is 464 Å². The highest BCUT2D eigenvalue weighted by molar-refractivity contribution is 6.01. The van der Waals surface area contributed by atoms with Crippen molar-refractivity contribution in [2.75, 3.05) is 6.54 Å². The molecule has 1 saturated heterocycles. The second-order valence-electron chi connectivity index (χ2n) is 19.9. The number of carboxylic acids is 3. The van der Waals surface area contributed by atoms with Crippen LogP contribution in [-0.4, -0.2) is 180 Å². The topological polar surface area (TPSA) is 487 Å². The molecular formula is C51H74N12O18. The predicted octanol–water partition coefficient (Wildman–Crippen LogP) is -3.75. The van der Waals surface area contributed by atoms with Crippen LogP contribution in [0.4, 0.5) is 0 Å². The van der Waals surface area contributed by atoms with Crippen LogP contribution in [0.1, 0.15) is 105 Å². The maximum absolute atomic E-state index is 14.5. The summed E-state index contributed by atoms with van der Waals surface area (Å²) in [6, 6.07) is -8.12. The van der Waals surface area contributed by atoms with E-state index in [0.717, 1.165) is 18.7 Å². The van der Waals surface area contributed by atoms with Gasteiger partial charge in [0.1, 0.15) is 54.4 Å². The molecule has 0 spiro atoms. The number of amides is 11. The fourth-order valence-corrected chi connectivity index (χ4v) is 8.80. The standard InChI is InChI=1S/C51H74N12O18/c1-7-23(3)40(61-49(78)41(24(4)8-2)60-46(75)33(20-38(68)69)55-26(6)65)48(77)59-31(18-27-22-54-29-13-10-9-12-28(27)29)43(72)58-34(21-39(70)71)44(73)57-32(19-37(53)67)45(74)62-42(25(5)64)50(79)63-17-11-14-35(63)47(76)56-30(51(80)81)15-16-36(52)66/h9-10,12-13,22-25,30-35,40-42,54,64H,7-8,11,14-21H2,1-6H3,(H2,52,66)(H2,53,67)(H,55,65)(H,56,76)(H,57,73)(H,58,72)(H,59,77)(H,60,75)(H,61,78)(H,62,74)(H,68,69)(H,70,71)(H,80,81)/t23-,24-,25+,30-,31-,32-,33-,34-,35-,40-,41-,42-/m0/s1. The van der Waals surface area contributed by atoms with Crippen molar-refractivity contribution in [3.63, 3.8) is 0 Å². The van der Waals surface area contributed by atoms with Gasteiger partial charge in [-0.3, -0.25) is 62.3 Å². The first-order chi connectivity index (χ1) is 38.0. The largest absolute Gasteiger partial charge is 0.481 e.